The van der Waals surface area contributed by atoms with Crippen molar-refractivity contribution in [1.29, 1.82) is 0 Å². The third-order valence-corrected chi connectivity index (χ3v) is 3.89. The van der Waals surface area contributed by atoms with E-state index in [1.54, 1.807) is 13.3 Å². The molecule has 0 radical (unpaired) electrons. The minimum absolute atomic E-state index is 0.00877. The van der Waals surface area contributed by atoms with Crippen LogP contribution in [0, 0.1) is 0 Å². The Morgan fingerprint density at radius 1 is 1.39 bits per heavy atom. The summed E-state index contributed by atoms with van der Waals surface area (Å²) >= 11 is 0. The molecular weight excluding hydrogens is 326 g/mol. The second-order valence-corrected chi connectivity index (χ2v) is 8.89. The van der Waals surface area contributed by atoms with E-state index in [9.17, 15) is 8.96 Å². The van der Waals surface area contributed by atoms with Crippen molar-refractivity contribution >= 4 is 18.3 Å². The largest absolute Gasteiger partial charge is 0.479 e. The van der Waals surface area contributed by atoms with Gasteiger partial charge in [-0.15, -0.1) is 0 Å². The van der Waals surface area contributed by atoms with Crippen LogP contribution in [0.1, 0.15) is 6.23 Å². The van der Waals surface area contributed by atoms with Crippen LogP contribution in [0.4, 0.5) is 4.39 Å². The topological polar surface area (TPSA) is 88.4 Å². The van der Waals surface area contributed by atoms with E-state index in [2.05, 4.69) is 15.0 Å². The van der Waals surface area contributed by atoms with Crippen molar-refractivity contribution in [3.63, 3.8) is 0 Å². The Labute approximate surface area is 131 Å². The molecule has 0 amide bonds. The maximum absolute atomic E-state index is 14.2. The van der Waals surface area contributed by atoms with Gasteiger partial charge in [-0.25, -0.2) is 14.4 Å². The number of fused-ring (bicyclic) bond motifs is 1. The molecule has 2 aromatic rings. The van der Waals surface area contributed by atoms with Crippen LogP contribution in [0.3, 0.4) is 0 Å². The first-order valence-corrected chi connectivity index (χ1v) is 9.57. The van der Waals surface area contributed by atoms with Crippen LogP contribution >= 0.6 is 7.14 Å². The Kier molecular flexibility index (Phi) is 4.18. The molecule has 1 aliphatic rings. The number of imidazole rings is 1. The Balaban J connectivity index is 1.84. The molecule has 0 unspecified atom stereocenters. The van der Waals surface area contributed by atoms with Crippen molar-refractivity contribution < 1.29 is 23.2 Å². The highest BCUT2D eigenvalue weighted by atomic mass is 31.2. The second kappa shape index (κ2) is 5.99. The molecule has 3 rings (SSSR count). The zero-order valence-electron chi connectivity index (χ0n) is 12.8. The minimum Gasteiger partial charge on any atom is -0.479 e. The SMILES string of the molecule is COc1ncnc2c1ncn2[C@@H]1O[C@H](OCP(C)(C)=O)C=C1F. The van der Waals surface area contributed by atoms with Crippen LogP contribution in [0.25, 0.3) is 11.2 Å². The highest BCUT2D eigenvalue weighted by Gasteiger charge is 2.32. The first-order valence-electron chi connectivity index (χ1n) is 6.79. The lowest BCUT2D eigenvalue weighted by Gasteiger charge is -2.17. The van der Waals surface area contributed by atoms with E-state index in [1.165, 1.54) is 30.4 Å². The summed E-state index contributed by atoms with van der Waals surface area (Å²) in [5.74, 6) is -0.240. The Bertz CT molecular complexity index is 802. The normalized spacial score (nSPS) is 21.7. The summed E-state index contributed by atoms with van der Waals surface area (Å²) < 4.78 is 43.2. The first kappa shape index (κ1) is 16.0. The molecule has 0 fully saturated rings. The van der Waals surface area contributed by atoms with Crippen molar-refractivity contribution in [2.75, 3.05) is 26.8 Å². The quantitative estimate of drug-likeness (QED) is 0.769. The zero-order chi connectivity index (χ0) is 16.6. The third kappa shape index (κ3) is 3.26. The van der Waals surface area contributed by atoms with Gasteiger partial charge in [-0.05, 0) is 13.3 Å². The van der Waals surface area contributed by atoms with Crippen LogP contribution in [-0.2, 0) is 14.0 Å². The Morgan fingerprint density at radius 2 is 2.17 bits per heavy atom. The van der Waals surface area contributed by atoms with Gasteiger partial charge >= 0.3 is 0 Å². The van der Waals surface area contributed by atoms with Crippen molar-refractivity contribution in [2.45, 2.75) is 12.5 Å². The van der Waals surface area contributed by atoms with E-state index < -0.39 is 25.5 Å². The molecule has 2 atom stereocenters. The van der Waals surface area contributed by atoms with E-state index >= 15 is 0 Å². The van der Waals surface area contributed by atoms with Gasteiger partial charge in [-0.1, -0.05) is 0 Å². The standard InChI is InChI=1S/C13H16FN4O4P/c1-20-12-10-11(15-5-16-12)18(6-17-10)13-8(14)4-9(22-13)21-7-23(2,3)19/h4-6,9,13H,7H2,1-3H3/t9-,13+/m0/s1. The molecule has 0 N–H and O–H groups in total. The van der Waals surface area contributed by atoms with Gasteiger partial charge in [0, 0.05) is 6.08 Å². The fourth-order valence-corrected chi connectivity index (χ4v) is 2.64. The van der Waals surface area contributed by atoms with Crippen LogP contribution in [-0.4, -0.2) is 52.6 Å². The summed E-state index contributed by atoms with van der Waals surface area (Å²) in [6.07, 6.45) is 1.95. The fourth-order valence-electron chi connectivity index (χ4n) is 2.13. The van der Waals surface area contributed by atoms with Crippen molar-refractivity contribution in [3.8, 4) is 5.88 Å². The Morgan fingerprint density at radius 3 is 2.87 bits per heavy atom. The van der Waals surface area contributed by atoms with Crippen molar-refractivity contribution in [2.24, 2.45) is 0 Å². The highest BCUT2D eigenvalue weighted by Crippen LogP contribution is 2.38. The number of methoxy groups -OCH3 is 1. The third-order valence-electron chi connectivity index (χ3n) is 3.12. The van der Waals surface area contributed by atoms with E-state index in [0.717, 1.165) is 0 Å². The van der Waals surface area contributed by atoms with E-state index in [1.807, 2.05) is 0 Å². The Hall–Kier alpha value is -1.83. The van der Waals surface area contributed by atoms with Gasteiger partial charge in [0.1, 0.15) is 19.8 Å². The summed E-state index contributed by atoms with van der Waals surface area (Å²) in [6.45, 7) is 3.18. The van der Waals surface area contributed by atoms with Gasteiger partial charge in [0.05, 0.1) is 13.4 Å². The maximum atomic E-state index is 14.2. The number of rotatable bonds is 5. The first-order chi connectivity index (χ1) is 10.9. The van der Waals surface area contributed by atoms with Crippen LogP contribution in [0.2, 0.25) is 0 Å². The van der Waals surface area contributed by atoms with Gasteiger partial charge in [-0.3, -0.25) is 4.57 Å². The van der Waals surface area contributed by atoms with Gasteiger partial charge in [0.15, 0.2) is 29.5 Å². The number of nitrogens with zero attached hydrogens (tertiary/aromatic N) is 4. The van der Waals surface area contributed by atoms with E-state index in [4.69, 9.17) is 14.2 Å². The molecule has 10 heteroatoms. The molecule has 0 saturated heterocycles. The zero-order valence-corrected chi connectivity index (χ0v) is 13.7. The smallest absolute Gasteiger partial charge is 0.245 e. The molecule has 124 valence electrons. The predicted octanol–water partition coefficient (Wildman–Crippen LogP) is 2.14. The van der Waals surface area contributed by atoms with Crippen molar-refractivity contribution in [1.82, 2.24) is 19.5 Å². The average Bonchev–Trinajstić information content (AvgIpc) is 3.07. The number of ether oxygens (including phenoxy) is 3. The number of hydrogen-bond donors (Lipinski definition) is 0. The molecule has 23 heavy (non-hydrogen) atoms. The summed E-state index contributed by atoms with van der Waals surface area (Å²) in [5.41, 5.74) is 0.782. The lowest BCUT2D eigenvalue weighted by atomic mass is 10.4. The van der Waals surface area contributed by atoms with Crippen LogP contribution in [0.15, 0.2) is 24.6 Å². The monoisotopic (exact) mass is 342 g/mol. The molecule has 0 aromatic carbocycles. The van der Waals surface area contributed by atoms with Gasteiger partial charge in [0.25, 0.3) is 0 Å². The van der Waals surface area contributed by atoms with Crippen molar-refractivity contribution in [3.05, 3.63) is 24.6 Å². The summed E-state index contributed by atoms with van der Waals surface area (Å²) in [5, 5.41) is 0. The predicted molar refractivity (Wildman–Crippen MR) is 80.4 cm³/mol. The number of hydrogen-bond acceptors (Lipinski definition) is 7. The molecule has 0 bridgehead atoms. The molecule has 0 aliphatic carbocycles. The molecular formula is C13H16FN4O4P. The van der Waals surface area contributed by atoms with Gasteiger partial charge < -0.3 is 18.8 Å². The minimum atomic E-state index is -2.38. The lowest BCUT2D eigenvalue weighted by molar-refractivity contribution is -0.128. The average molecular weight is 342 g/mol. The fraction of sp³-hybridized carbons (Fsp3) is 0.462. The van der Waals surface area contributed by atoms with Gasteiger partial charge in [0.2, 0.25) is 5.88 Å². The van der Waals surface area contributed by atoms with Gasteiger partial charge in [-0.2, -0.15) is 4.98 Å². The number of aromatic nitrogens is 4. The maximum Gasteiger partial charge on any atom is 0.245 e. The number of halogens is 1. The van der Waals surface area contributed by atoms with Crippen LogP contribution < -0.4 is 4.74 Å². The summed E-state index contributed by atoms with van der Waals surface area (Å²) in [7, 11) is -0.914. The molecule has 3 heterocycles. The summed E-state index contributed by atoms with van der Waals surface area (Å²) in [4.78, 5) is 12.2. The second-order valence-electron chi connectivity index (χ2n) is 5.49. The molecule has 2 aromatic heterocycles. The lowest BCUT2D eigenvalue weighted by Crippen LogP contribution is -2.16. The summed E-state index contributed by atoms with van der Waals surface area (Å²) in [6, 6.07) is 0. The molecule has 0 spiro atoms. The molecule has 0 saturated carbocycles. The van der Waals surface area contributed by atoms with Crippen LogP contribution in [0.5, 0.6) is 5.88 Å². The highest BCUT2D eigenvalue weighted by molar-refractivity contribution is 7.62. The molecule has 8 nitrogen and oxygen atoms in total. The van der Waals surface area contributed by atoms with E-state index in [0.29, 0.717) is 17.0 Å². The van der Waals surface area contributed by atoms with E-state index in [-0.39, 0.29) is 6.35 Å². The molecule has 1 aliphatic heterocycles.